The molecular weight excluding hydrogens is 536 g/mol. The van der Waals surface area contributed by atoms with E-state index in [9.17, 15) is 18.0 Å². The SMILES string of the molecule is CC(C)(C)NC(=O)ON1CCCC1[Si](C)(C)C.CO[Si](CCC(F)(F)F)(OC)N1CCCC1[Si](C)(C)C. The fourth-order valence-corrected chi connectivity index (χ4v) is 14.2. The molecule has 0 aromatic heterocycles. The van der Waals surface area contributed by atoms with Crippen molar-refractivity contribution >= 4 is 31.0 Å². The van der Waals surface area contributed by atoms with Crippen molar-refractivity contribution in [2.45, 2.75) is 121 Å². The molecule has 2 aliphatic heterocycles. The van der Waals surface area contributed by atoms with Crippen LogP contribution in [0.2, 0.25) is 45.3 Å². The highest BCUT2D eigenvalue weighted by atomic mass is 28.4. The van der Waals surface area contributed by atoms with E-state index in [1.165, 1.54) is 14.2 Å². The lowest BCUT2D eigenvalue weighted by Crippen LogP contribution is -2.64. The van der Waals surface area contributed by atoms with Gasteiger partial charge in [0.05, 0.1) is 16.1 Å². The number of carbonyl (C=O) groups is 1. The molecule has 2 heterocycles. The standard InChI is InChI=1S/C12H26F3NO2Si2.C12H26N2O2Si/c1-17-20(18-2,10-8-12(13,14)15)16-9-6-7-11(16)19(3,4)5;1-12(2,3)13-11(15)16-14-9-7-8-10(14)17(4,5)6/h11H,6-10H2,1-5H3;10H,7-9H2,1-6H3,(H,13,15). The van der Waals surface area contributed by atoms with Gasteiger partial charge in [-0.1, -0.05) is 39.3 Å². The highest BCUT2D eigenvalue weighted by Crippen LogP contribution is 2.36. The van der Waals surface area contributed by atoms with Crippen LogP contribution in [0.15, 0.2) is 0 Å². The molecule has 0 bridgehead atoms. The number of hydrogen-bond donors (Lipinski definition) is 1. The summed E-state index contributed by atoms with van der Waals surface area (Å²) in [6.07, 6.45) is -0.996. The Hall–Kier alpha value is -0.449. The minimum absolute atomic E-state index is 0.0511. The number of hydrogen-bond acceptors (Lipinski definition) is 6. The van der Waals surface area contributed by atoms with Gasteiger partial charge in [-0.2, -0.15) is 13.2 Å². The molecule has 1 amide bonds. The van der Waals surface area contributed by atoms with E-state index in [2.05, 4.69) is 49.2 Å². The van der Waals surface area contributed by atoms with Crippen molar-refractivity contribution in [1.82, 2.24) is 14.9 Å². The molecule has 7 nitrogen and oxygen atoms in total. The molecular formula is C24H52F3N3O4Si3. The van der Waals surface area contributed by atoms with E-state index >= 15 is 0 Å². The van der Waals surface area contributed by atoms with E-state index in [4.69, 9.17) is 13.7 Å². The normalized spacial score (nSPS) is 22.5. The molecule has 2 atom stereocenters. The summed E-state index contributed by atoms with van der Waals surface area (Å²) in [5, 5.41) is 4.73. The molecule has 0 aromatic carbocycles. The van der Waals surface area contributed by atoms with Gasteiger partial charge >= 0.3 is 21.0 Å². The first kappa shape index (κ1) is 34.6. The summed E-state index contributed by atoms with van der Waals surface area (Å²) in [5.41, 5.74) is 0.557. The summed E-state index contributed by atoms with van der Waals surface area (Å²) >= 11 is 0. The number of nitrogens with zero attached hydrogens (tertiary/aromatic N) is 2. The second kappa shape index (κ2) is 13.3. The molecule has 2 rings (SSSR count). The zero-order valence-corrected chi connectivity index (χ0v) is 28.0. The highest BCUT2D eigenvalue weighted by Gasteiger charge is 2.52. The molecule has 0 aromatic rings. The molecule has 0 spiro atoms. The molecule has 2 unspecified atom stereocenters. The van der Waals surface area contributed by atoms with Crippen molar-refractivity contribution in [2.75, 3.05) is 27.3 Å². The Kier molecular flexibility index (Phi) is 12.4. The molecule has 13 heteroatoms. The van der Waals surface area contributed by atoms with Crippen molar-refractivity contribution in [3.8, 4) is 0 Å². The van der Waals surface area contributed by atoms with Gasteiger partial charge in [-0.3, -0.25) is 4.57 Å². The number of hydroxylamine groups is 2. The van der Waals surface area contributed by atoms with Gasteiger partial charge in [-0.15, -0.1) is 5.06 Å². The molecule has 37 heavy (non-hydrogen) atoms. The van der Waals surface area contributed by atoms with Crippen LogP contribution >= 0.6 is 0 Å². The number of rotatable bonds is 8. The number of halogens is 3. The molecule has 2 aliphatic rings. The van der Waals surface area contributed by atoms with Crippen LogP contribution in [0.4, 0.5) is 18.0 Å². The molecule has 2 saturated heterocycles. The highest BCUT2D eigenvalue weighted by molar-refractivity contribution is 6.79. The van der Waals surface area contributed by atoms with E-state index in [1.807, 2.05) is 25.8 Å². The number of nitrogens with one attached hydrogen (secondary N) is 1. The first-order valence-corrected chi connectivity index (χ1v) is 22.5. The topological polar surface area (TPSA) is 63.3 Å². The van der Waals surface area contributed by atoms with Crippen molar-refractivity contribution < 1.29 is 31.7 Å². The van der Waals surface area contributed by atoms with Gasteiger partial charge in [0.2, 0.25) is 0 Å². The summed E-state index contributed by atoms with van der Waals surface area (Å²) in [6, 6.07) is -0.0511. The van der Waals surface area contributed by atoms with Gasteiger partial charge in [0.15, 0.2) is 0 Å². The smallest absolute Gasteiger partial charge is 0.386 e. The third-order valence-corrected chi connectivity index (χ3v) is 15.9. The average Bonchev–Trinajstić information content (AvgIpc) is 3.37. The van der Waals surface area contributed by atoms with E-state index in [0.717, 1.165) is 38.8 Å². The van der Waals surface area contributed by atoms with Crippen LogP contribution in [0.25, 0.3) is 0 Å². The van der Waals surface area contributed by atoms with E-state index in [0.29, 0.717) is 11.3 Å². The van der Waals surface area contributed by atoms with Gasteiger partial charge in [-0.05, 0) is 53.0 Å². The maximum absolute atomic E-state index is 12.6. The lowest BCUT2D eigenvalue weighted by atomic mass is 10.1. The Bertz CT molecular complexity index is 721. The summed E-state index contributed by atoms with van der Waals surface area (Å²) in [7, 11) is -2.74. The van der Waals surface area contributed by atoms with Gasteiger partial charge < -0.3 is 19.0 Å². The van der Waals surface area contributed by atoms with Gasteiger partial charge in [0.25, 0.3) is 0 Å². The second-order valence-corrected chi connectivity index (χ2v) is 27.5. The summed E-state index contributed by atoms with van der Waals surface area (Å²) in [5.74, 6) is 0. The first-order chi connectivity index (χ1) is 16.6. The summed E-state index contributed by atoms with van der Waals surface area (Å²) in [6.45, 7) is 21.2. The van der Waals surface area contributed by atoms with E-state index in [1.54, 1.807) is 0 Å². The van der Waals surface area contributed by atoms with Crippen LogP contribution in [0, 0.1) is 0 Å². The predicted molar refractivity (Wildman–Crippen MR) is 151 cm³/mol. The van der Waals surface area contributed by atoms with Crippen LogP contribution in [-0.4, -0.2) is 90.9 Å². The Labute approximate surface area is 226 Å². The van der Waals surface area contributed by atoms with Crippen LogP contribution in [0.5, 0.6) is 0 Å². The molecule has 0 saturated carbocycles. The lowest BCUT2D eigenvalue weighted by Gasteiger charge is -2.43. The zero-order chi connectivity index (χ0) is 28.9. The lowest BCUT2D eigenvalue weighted by molar-refractivity contribution is -0.132. The molecule has 2 fully saturated rings. The Balaban J connectivity index is 0.000000375. The van der Waals surface area contributed by atoms with Crippen LogP contribution in [-0.2, 0) is 13.7 Å². The maximum atomic E-state index is 12.6. The Morgan fingerprint density at radius 2 is 1.38 bits per heavy atom. The van der Waals surface area contributed by atoms with Crippen molar-refractivity contribution in [3.63, 3.8) is 0 Å². The third kappa shape index (κ3) is 11.3. The Morgan fingerprint density at radius 1 is 0.892 bits per heavy atom. The minimum atomic E-state index is -4.16. The monoisotopic (exact) mass is 587 g/mol. The molecule has 0 radical (unpaired) electrons. The Morgan fingerprint density at radius 3 is 1.81 bits per heavy atom. The number of carbonyl (C=O) groups excluding carboxylic acids is 1. The van der Waals surface area contributed by atoms with E-state index < -0.39 is 37.5 Å². The van der Waals surface area contributed by atoms with Crippen LogP contribution in [0.1, 0.15) is 52.9 Å². The molecule has 220 valence electrons. The van der Waals surface area contributed by atoms with Crippen LogP contribution < -0.4 is 5.32 Å². The van der Waals surface area contributed by atoms with Crippen molar-refractivity contribution in [2.24, 2.45) is 0 Å². The van der Waals surface area contributed by atoms with Crippen molar-refractivity contribution in [3.05, 3.63) is 0 Å². The average molecular weight is 588 g/mol. The van der Waals surface area contributed by atoms with Crippen molar-refractivity contribution in [1.29, 1.82) is 0 Å². The fourth-order valence-electron chi connectivity index (χ4n) is 5.19. The second-order valence-electron chi connectivity index (χ2n) is 13.4. The predicted octanol–water partition coefficient (Wildman–Crippen LogP) is 6.28. The number of alkyl halides is 3. The first-order valence-electron chi connectivity index (χ1n) is 13.4. The van der Waals surface area contributed by atoms with Gasteiger partial charge in [0, 0.05) is 50.1 Å². The minimum Gasteiger partial charge on any atom is -0.386 e. The summed E-state index contributed by atoms with van der Waals surface area (Å²) in [4.78, 5) is 17.2. The van der Waals surface area contributed by atoms with E-state index in [-0.39, 0.29) is 17.7 Å². The molecule has 1 N–H and O–H groups in total. The number of amides is 1. The molecule has 0 aliphatic carbocycles. The fraction of sp³-hybridized carbons (Fsp3) is 0.958. The van der Waals surface area contributed by atoms with Gasteiger partial charge in [0.1, 0.15) is 0 Å². The quantitative estimate of drug-likeness (QED) is 0.337. The maximum Gasteiger partial charge on any atom is 0.427 e. The largest absolute Gasteiger partial charge is 0.427 e. The van der Waals surface area contributed by atoms with Crippen LogP contribution in [0.3, 0.4) is 0 Å². The summed E-state index contributed by atoms with van der Waals surface area (Å²) < 4.78 is 51.0. The van der Waals surface area contributed by atoms with Gasteiger partial charge in [-0.25, -0.2) is 4.79 Å². The zero-order valence-electron chi connectivity index (χ0n) is 25.0. The third-order valence-electron chi connectivity index (χ3n) is 6.93.